The van der Waals surface area contributed by atoms with Crippen LogP contribution in [0, 0.1) is 11.8 Å². The molecule has 0 saturated carbocycles. The predicted octanol–water partition coefficient (Wildman–Crippen LogP) is 4.21. The molecule has 2 atom stereocenters. The second kappa shape index (κ2) is 9.35. The summed E-state index contributed by atoms with van der Waals surface area (Å²) in [6, 6.07) is 7.50. The molecule has 6 heteroatoms. The zero-order chi connectivity index (χ0) is 19.1. The number of hydrogen-bond donors (Lipinski definition) is 0. The molecule has 2 unspecified atom stereocenters. The third kappa shape index (κ3) is 5.42. The summed E-state index contributed by atoms with van der Waals surface area (Å²) in [6.45, 7) is 5.24. The van der Waals surface area contributed by atoms with Crippen LogP contribution in [0.1, 0.15) is 39.0 Å². The number of ether oxygens (including phenoxy) is 2. The van der Waals surface area contributed by atoms with Crippen LogP contribution in [0.25, 0.3) is 11.4 Å². The number of nitrogens with zero attached hydrogens (tertiary/aromatic N) is 2. The van der Waals surface area contributed by atoms with Crippen LogP contribution in [-0.4, -0.2) is 29.3 Å². The van der Waals surface area contributed by atoms with Gasteiger partial charge in [0.15, 0.2) is 0 Å². The van der Waals surface area contributed by atoms with Crippen molar-refractivity contribution in [2.45, 2.75) is 39.5 Å². The SMILES string of the molecule is CCOc1ccc(-c2noc(CCC(=O)OCC3CC=CCC3C)n2)cc1. The Kier molecular flexibility index (Phi) is 6.63. The van der Waals surface area contributed by atoms with Crippen LogP contribution in [-0.2, 0) is 16.0 Å². The number of carbonyl (C=O) groups excluding carboxylic acids is 1. The third-order valence-corrected chi connectivity index (χ3v) is 4.81. The van der Waals surface area contributed by atoms with E-state index in [1.54, 1.807) is 0 Å². The summed E-state index contributed by atoms with van der Waals surface area (Å²) in [5, 5.41) is 3.98. The van der Waals surface area contributed by atoms with E-state index in [4.69, 9.17) is 14.0 Å². The first kappa shape index (κ1) is 19.1. The summed E-state index contributed by atoms with van der Waals surface area (Å²) in [4.78, 5) is 16.4. The highest BCUT2D eigenvalue weighted by Crippen LogP contribution is 2.25. The van der Waals surface area contributed by atoms with Crippen molar-refractivity contribution >= 4 is 5.97 Å². The van der Waals surface area contributed by atoms with Crippen LogP contribution in [0.3, 0.4) is 0 Å². The van der Waals surface area contributed by atoms with Gasteiger partial charge in [-0.15, -0.1) is 0 Å². The monoisotopic (exact) mass is 370 g/mol. The van der Waals surface area contributed by atoms with Gasteiger partial charge in [-0.05, 0) is 55.9 Å². The minimum atomic E-state index is -0.224. The van der Waals surface area contributed by atoms with E-state index in [2.05, 4.69) is 29.2 Å². The molecular weight excluding hydrogens is 344 g/mol. The van der Waals surface area contributed by atoms with Gasteiger partial charge in [0.05, 0.1) is 19.6 Å². The highest BCUT2D eigenvalue weighted by atomic mass is 16.5. The van der Waals surface area contributed by atoms with E-state index in [0.717, 1.165) is 24.2 Å². The molecule has 0 aliphatic heterocycles. The molecule has 0 bridgehead atoms. The fraction of sp³-hybridized carbons (Fsp3) is 0.476. The fourth-order valence-corrected chi connectivity index (χ4v) is 3.06. The van der Waals surface area contributed by atoms with E-state index in [1.807, 2.05) is 31.2 Å². The number of esters is 1. The van der Waals surface area contributed by atoms with Crippen molar-refractivity contribution in [2.75, 3.05) is 13.2 Å². The third-order valence-electron chi connectivity index (χ3n) is 4.81. The van der Waals surface area contributed by atoms with Gasteiger partial charge in [0.2, 0.25) is 11.7 Å². The number of rotatable bonds is 8. The number of carbonyl (C=O) groups is 1. The van der Waals surface area contributed by atoms with E-state index in [1.165, 1.54) is 0 Å². The molecule has 0 spiro atoms. The van der Waals surface area contributed by atoms with Gasteiger partial charge in [0.1, 0.15) is 5.75 Å². The molecule has 1 aliphatic rings. The normalized spacial score (nSPS) is 19.0. The van der Waals surface area contributed by atoms with Crippen LogP contribution in [0.5, 0.6) is 5.75 Å². The standard InChI is InChI=1S/C21H26N2O4/c1-3-25-18-10-8-16(9-11-18)21-22-19(27-23-21)12-13-20(24)26-14-17-7-5-4-6-15(17)2/h4-5,8-11,15,17H,3,6-7,12-14H2,1-2H3. The van der Waals surface area contributed by atoms with Crippen molar-refractivity contribution in [3.8, 4) is 17.1 Å². The van der Waals surface area contributed by atoms with Crippen molar-refractivity contribution in [2.24, 2.45) is 11.8 Å². The Morgan fingerprint density at radius 2 is 2.00 bits per heavy atom. The highest BCUT2D eigenvalue weighted by Gasteiger charge is 2.20. The van der Waals surface area contributed by atoms with Crippen LogP contribution in [0.2, 0.25) is 0 Å². The molecule has 6 nitrogen and oxygen atoms in total. The maximum Gasteiger partial charge on any atom is 0.306 e. The first-order chi connectivity index (χ1) is 13.2. The topological polar surface area (TPSA) is 74.5 Å². The summed E-state index contributed by atoms with van der Waals surface area (Å²) >= 11 is 0. The highest BCUT2D eigenvalue weighted by molar-refractivity contribution is 5.69. The van der Waals surface area contributed by atoms with Gasteiger partial charge in [0, 0.05) is 12.0 Å². The lowest BCUT2D eigenvalue weighted by atomic mass is 9.85. The molecule has 0 N–H and O–H groups in total. The van der Waals surface area contributed by atoms with Gasteiger partial charge in [-0.1, -0.05) is 24.2 Å². The first-order valence-corrected chi connectivity index (χ1v) is 9.52. The zero-order valence-electron chi connectivity index (χ0n) is 15.9. The average molecular weight is 370 g/mol. The fourth-order valence-electron chi connectivity index (χ4n) is 3.06. The Morgan fingerprint density at radius 1 is 1.22 bits per heavy atom. The Balaban J connectivity index is 1.46. The molecule has 0 radical (unpaired) electrons. The second-order valence-electron chi connectivity index (χ2n) is 6.83. The Bertz CT molecular complexity index is 767. The molecule has 1 aromatic carbocycles. The summed E-state index contributed by atoms with van der Waals surface area (Å²) in [7, 11) is 0. The number of aromatic nitrogens is 2. The molecule has 0 fully saturated rings. The van der Waals surface area contributed by atoms with Gasteiger partial charge in [-0.25, -0.2) is 0 Å². The van der Waals surface area contributed by atoms with Gasteiger partial charge in [-0.3, -0.25) is 4.79 Å². The second-order valence-corrected chi connectivity index (χ2v) is 6.83. The van der Waals surface area contributed by atoms with Crippen LogP contribution in [0.15, 0.2) is 40.9 Å². The van der Waals surface area contributed by atoms with Crippen molar-refractivity contribution in [1.29, 1.82) is 0 Å². The van der Waals surface area contributed by atoms with E-state index >= 15 is 0 Å². The molecule has 1 aliphatic carbocycles. The van der Waals surface area contributed by atoms with Crippen molar-refractivity contribution < 1.29 is 18.8 Å². The van der Waals surface area contributed by atoms with Crippen molar-refractivity contribution in [1.82, 2.24) is 10.1 Å². The van der Waals surface area contributed by atoms with E-state index in [0.29, 0.717) is 43.2 Å². The molecular formula is C21H26N2O4. The number of hydrogen-bond acceptors (Lipinski definition) is 6. The summed E-state index contributed by atoms with van der Waals surface area (Å²) in [5.41, 5.74) is 0.843. The molecule has 1 heterocycles. The summed E-state index contributed by atoms with van der Waals surface area (Å²) < 4.78 is 16.1. The molecule has 0 saturated heterocycles. The van der Waals surface area contributed by atoms with Crippen molar-refractivity contribution in [3.63, 3.8) is 0 Å². The van der Waals surface area contributed by atoms with Crippen LogP contribution >= 0.6 is 0 Å². The van der Waals surface area contributed by atoms with Gasteiger partial charge in [-0.2, -0.15) is 4.98 Å². The molecule has 3 rings (SSSR count). The maximum absolute atomic E-state index is 12.0. The molecule has 0 amide bonds. The van der Waals surface area contributed by atoms with E-state index in [-0.39, 0.29) is 12.4 Å². The number of benzene rings is 1. The lowest BCUT2D eigenvalue weighted by molar-refractivity contribution is -0.145. The van der Waals surface area contributed by atoms with E-state index < -0.39 is 0 Å². The largest absolute Gasteiger partial charge is 0.494 e. The molecule has 2 aromatic rings. The lowest BCUT2D eigenvalue weighted by Crippen LogP contribution is -2.21. The minimum Gasteiger partial charge on any atom is -0.494 e. The van der Waals surface area contributed by atoms with Crippen molar-refractivity contribution in [3.05, 3.63) is 42.3 Å². The zero-order valence-corrected chi connectivity index (χ0v) is 15.9. The number of allylic oxidation sites excluding steroid dienone is 2. The molecule has 1 aromatic heterocycles. The Hall–Kier alpha value is -2.63. The lowest BCUT2D eigenvalue weighted by Gasteiger charge is -2.24. The van der Waals surface area contributed by atoms with Gasteiger partial charge in [0.25, 0.3) is 0 Å². The van der Waals surface area contributed by atoms with E-state index in [9.17, 15) is 4.79 Å². The maximum atomic E-state index is 12.0. The van der Waals surface area contributed by atoms with Gasteiger partial charge >= 0.3 is 5.97 Å². The van der Waals surface area contributed by atoms with Gasteiger partial charge < -0.3 is 14.0 Å². The minimum absolute atomic E-state index is 0.224. The molecule has 144 valence electrons. The number of aryl methyl sites for hydroxylation is 1. The van der Waals surface area contributed by atoms with Crippen LogP contribution in [0.4, 0.5) is 0 Å². The quantitative estimate of drug-likeness (QED) is 0.512. The summed E-state index contributed by atoms with van der Waals surface area (Å²) in [6.07, 6.45) is 7.01. The molecule has 27 heavy (non-hydrogen) atoms. The average Bonchev–Trinajstić information content (AvgIpc) is 3.16. The predicted molar refractivity (Wildman–Crippen MR) is 101 cm³/mol. The smallest absolute Gasteiger partial charge is 0.306 e. The Labute approximate surface area is 159 Å². The first-order valence-electron chi connectivity index (χ1n) is 9.52. The Morgan fingerprint density at radius 3 is 2.74 bits per heavy atom. The van der Waals surface area contributed by atoms with Crippen LogP contribution < -0.4 is 4.74 Å². The summed E-state index contributed by atoms with van der Waals surface area (Å²) in [5.74, 6) is 2.48.